The van der Waals surface area contributed by atoms with Gasteiger partial charge in [0.15, 0.2) is 6.29 Å². The standard InChI is InChI=1S/C9H18O2.CH2N2/c1-3-10-9(11-4-2)7-8-5-6-8;1-3-2/h8-9H,3-7H2,1-2H3;1H2. The zero-order chi connectivity index (χ0) is 10.8. The van der Waals surface area contributed by atoms with Crippen LogP contribution in [-0.2, 0) is 9.47 Å². The molecule has 0 radical (unpaired) electrons. The zero-order valence-corrected chi connectivity index (χ0v) is 9.11. The minimum atomic E-state index is 0.0671. The predicted octanol–water partition coefficient (Wildman–Crippen LogP) is 2.10. The molecule has 0 aromatic rings. The summed E-state index contributed by atoms with van der Waals surface area (Å²) in [5, 5.41) is 0. The van der Waals surface area contributed by atoms with Crippen molar-refractivity contribution in [3.63, 3.8) is 0 Å². The molecule has 0 aliphatic heterocycles. The molecule has 0 bridgehead atoms. The maximum absolute atomic E-state index is 7.08. The minimum absolute atomic E-state index is 0.0671. The molecule has 0 amide bonds. The van der Waals surface area contributed by atoms with Crippen molar-refractivity contribution in [2.24, 2.45) is 5.92 Å². The first-order valence-electron chi connectivity index (χ1n) is 5.11. The van der Waals surface area contributed by atoms with Gasteiger partial charge < -0.3 is 15.0 Å². The molecule has 0 spiro atoms. The molecule has 0 aromatic heterocycles. The predicted molar refractivity (Wildman–Crippen MR) is 55.1 cm³/mol. The van der Waals surface area contributed by atoms with E-state index in [-0.39, 0.29) is 6.29 Å². The van der Waals surface area contributed by atoms with E-state index in [1.165, 1.54) is 12.8 Å². The highest BCUT2D eigenvalue weighted by molar-refractivity contribution is 5.12. The first kappa shape index (κ1) is 13.3. The Labute approximate surface area is 85.8 Å². The van der Waals surface area contributed by atoms with Crippen molar-refractivity contribution in [1.29, 1.82) is 0 Å². The van der Waals surface area contributed by atoms with Gasteiger partial charge in [-0.25, -0.2) is 0 Å². The average Bonchev–Trinajstić information content (AvgIpc) is 2.90. The van der Waals surface area contributed by atoms with Gasteiger partial charge in [-0.3, -0.25) is 0 Å². The van der Waals surface area contributed by atoms with Gasteiger partial charge in [0.1, 0.15) is 0 Å². The van der Waals surface area contributed by atoms with E-state index >= 15 is 0 Å². The van der Waals surface area contributed by atoms with E-state index in [1.807, 2.05) is 13.8 Å². The van der Waals surface area contributed by atoms with Crippen LogP contribution in [0.25, 0.3) is 5.53 Å². The van der Waals surface area contributed by atoms with Gasteiger partial charge in [-0.15, -0.1) is 0 Å². The summed E-state index contributed by atoms with van der Waals surface area (Å²) in [5.74, 6) is 0.887. The van der Waals surface area contributed by atoms with Gasteiger partial charge in [0.05, 0.1) is 0 Å². The summed E-state index contributed by atoms with van der Waals surface area (Å²) in [4.78, 5) is 2.25. The number of rotatable bonds is 6. The topological polar surface area (TPSA) is 54.9 Å². The van der Waals surface area contributed by atoms with Crippen molar-refractivity contribution in [2.45, 2.75) is 39.4 Å². The molecular formula is C10H20N2O2. The molecule has 4 heteroatoms. The molecule has 0 heterocycles. The largest absolute Gasteiger partial charge is 0.362 e. The molecule has 1 fully saturated rings. The monoisotopic (exact) mass is 200 g/mol. The lowest BCUT2D eigenvalue weighted by atomic mass is 10.3. The van der Waals surface area contributed by atoms with Crippen LogP contribution in [0.3, 0.4) is 0 Å². The summed E-state index contributed by atoms with van der Waals surface area (Å²) in [7, 11) is 0. The van der Waals surface area contributed by atoms with E-state index in [1.54, 1.807) is 0 Å². The molecule has 1 aliphatic rings. The molecule has 0 N–H and O–H groups in total. The van der Waals surface area contributed by atoms with Crippen molar-refractivity contribution in [1.82, 2.24) is 0 Å². The Bertz CT molecular complexity index is 158. The number of hydrogen-bond donors (Lipinski definition) is 0. The van der Waals surface area contributed by atoms with Crippen molar-refractivity contribution in [2.75, 3.05) is 13.2 Å². The van der Waals surface area contributed by atoms with Crippen LogP contribution in [0.4, 0.5) is 0 Å². The average molecular weight is 200 g/mol. The van der Waals surface area contributed by atoms with E-state index in [0.717, 1.165) is 25.6 Å². The second-order valence-electron chi connectivity index (χ2n) is 3.16. The summed E-state index contributed by atoms with van der Waals surface area (Å²) < 4.78 is 10.8. The Hall–Kier alpha value is -0.700. The van der Waals surface area contributed by atoms with Crippen LogP contribution in [0.5, 0.6) is 0 Å². The lowest BCUT2D eigenvalue weighted by Crippen LogP contribution is -2.17. The smallest absolute Gasteiger partial charge is 0.245 e. The second kappa shape index (κ2) is 8.88. The van der Waals surface area contributed by atoms with Gasteiger partial charge in [0, 0.05) is 19.6 Å². The fourth-order valence-corrected chi connectivity index (χ4v) is 1.18. The van der Waals surface area contributed by atoms with Crippen molar-refractivity contribution in [3.8, 4) is 0 Å². The van der Waals surface area contributed by atoms with Crippen LogP contribution in [0.1, 0.15) is 33.1 Å². The van der Waals surface area contributed by atoms with E-state index in [0.29, 0.717) is 0 Å². The molecule has 0 unspecified atom stereocenters. The van der Waals surface area contributed by atoms with E-state index in [2.05, 4.69) is 11.5 Å². The number of ether oxygens (including phenoxy) is 2. The van der Waals surface area contributed by atoms with Gasteiger partial charge in [-0.2, -0.15) is 4.79 Å². The molecule has 14 heavy (non-hydrogen) atoms. The van der Waals surface area contributed by atoms with E-state index in [4.69, 9.17) is 15.0 Å². The third kappa shape index (κ3) is 7.92. The van der Waals surface area contributed by atoms with Gasteiger partial charge in [0.25, 0.3) is 0 Å². The molecule has 1 aliphatic carbocycles. The summed E-state index contributed by atoms with van der Waals surface area (Å²) in [5.41, 5.74) is 7.08. The molecule has 0 aromatic carbocycles. The van der Waals surface area contributed by atoms with Crippen molar-refractivity contribution < 1.29 is 14.3 Å². The van der Waals surface area contributed by atoms with Crippen molar-refractivity contribution >= 4 is 6.72 Å². The molecule has 0 atom stereocenters. The first-order chi connectivity index (χ1) is 6.78. The maximum Gasteiger partial charge on any atom is 0.245 e. The van der Waals surface area contributed by atoms with E-state index < -0.39 is 0 Å². The third-order valence-corrected chi connectivity index (χ3v) is 1.93. The quantitative estimate of drug-likeness (QED) is 0.285. The van der Waals surface area contributed by atoms with Crippen LogP contribution < -0.4 is 0 Å². The highest BCUT2D eigenvalue weighted by Gasteiger charge is 2.25. The normalized spacial score (nSPS) is 14.5. The molecule has 1 saturated carbocycles. The molecular weight excluding hydrogens is 180 g/mol. The van der Waals surface area contributed by atoms with Crippen LogP contribution >= 0.6 is 0 Å². The lowest BCUT2D eigenvalue weighted by molar-refractivity contribution is -0.141. The molecule has 0 saturated heterocycles. The first-order valence-corrected chi connectivity index (χ1v) is 5.11. The van der Waals surface area contributed by atoms with Crippen LogP contribution in [0, 0.1) is 5.92 Å². The molecule has 1 rings (SSSR count). The Morgan fingerprint density at radius 2 is 1.79 bits per heavy atom. The fraction of sp³-hybridized carbons (Fsp3) is 0.900. The van der Waals surface area contributed by atoms with Crippen molar-refractivity contribution in [3.05, 3.63) is 5.53 Å². The highest BCUT2D eigenvalue weighted by atomic mass is 16.7. The van der Waals surface area contributed by atoms with Crippen LogP contribution in [-0.4, -0.2) is 31.0 Å². The number of hydrogen-bond acceptors (Lipinski definition) is 2. The summed E-state index contributed by atoms with van der Waals surface area (Å²) in [6.45, 7) is 8.21. The Morgan fingerprint density at radius 1 is 1.36 bits per heavy atom. The summed E-state index contributed by atoms with van der Waals surface area (Å²) in [6.07, 6.45) is 3.91. The van der Waals surface area contributed by atoms with Crippen LogP contribution in [0.2, 0.25) is 0 Å². The van der Waals surface area contributed by atoms with Crippen LogP contribution in [0.15, 0.2) is 0 Å². The lowest BCUT2D eigenvalue weighted by Gasteiger charge is -2.15. The van der Waals surface area contributed by atoms with Gasteiger partial charge in [-0.05, 0) is 32.6 Å². The van der Waals surface area contributed by atoms with Gasteiger partial charge >= 0.3 is 0 Å². The van der Waals surface area contributed by atoms with Gasteiger partial charge in [-0.1, -0.05) is 0 Å². The Morgan fingerprint density at radius 3 is 2.07 bits per heavy atom. The zero-order valence-electron chi connectivity index (χ0n) is 9.11. The number of nitrogens with zero attached hydrogens (tertiary/aromatic N) is 2. The maximum atomic E-state index is 7.08. The second-order valence-corrected chi connectivity index (χ2v) is 3.16. The molecule has 4 nitrogen and oxygen atoms in total. The SMILES string of the molecule is C=[N+]=[N-].CCOC(CC1CC1)OCC. The fourth-order valence-electron chi connectivity index (χ4n) is 1.18. The van der Waals surface area contributed by atoms with E-state index in [9.17, 15) is 0 Å². The summed E-state index contributed by atoms with van der Waals surface area (Å²) >= 11 is 0. The molecule has 82 valence electrons. The van der Waals surface area contributed by atoms with Gasteiger partial charge in [0.2, 0.25) is 6.72 Å². The minimum Gasteiger partial charge on any atom is -0.362 e. The third-order valence-electron chi connectivity index (χ3n) is 1.93. The highest BCUT2D eigenvalue weighted by Crippen LogP contribution is 2.34. The Kier molecular flexibility index (Phi) is 8.43. The summed E-state index contributed by atoms with van der Waals surface area (Å²) in [6, 6.07) is 0. The Balaban J connectivity index is 0.000000500.